The Bertz CT molecular complexity index is 414. The predicted molar refractivity (Wildman–Crippen MR) is 71.4 cm³/mol. The summed E-state index contributed by atoms with van der Waals surface area (Å²) in [6.07, 6.45) is 2.85. The van der Waals surface area contributed by atoms with E-state index in [0.717, 1.165) is 0 Å². The minimum absolute atomic E-state index is 0. The zero-order chi connectivity index (χ0) is 12.6. The summed E-state index contributed by atoms with van der Waals surface area (Å²) in [5.41, 5.74) is 0. The van der Waals surface area contributed by atoms with Crippen LogP contribution in [-0.4, -0.2) is 46.8 Å². The number of nitrogens with one attached hydrogen (secondary N) is 2. The molecule has 0 aliphatic rings. The Morgan fingerprint density at radius 3 is 2.72 bits per heavy atom. The van der Waals surface area contributed by atoms with Crippen LogP contribution in [-0.2, 0) is 14.8 Å². The molecule has 2 N–H and O–H groups in total. The summed E-state index contributed by atoms with van der Waals surface area (Å²) in [5.74, 6) is 0. The number of sulfonamides is 1. The molecule has 0 atom stereocenters. The van der Waals surface area contributed by atoms with E-state index in [2.05, 4.69) is 15.0 Å². The van der Waals surface area contributed by atoms with E-state index < -0.39 is 10.0 Å². The van der Waals surface area contributed by atoms with Gasteiger partial charge in [-0.2, -0.15) is 0 Å². The number of pyridine rings is 1. The number of methoxy groups -OCH3 is 1. The zero-order valence-corrected chi connectivity index (χ0v) is 11.8. The Labute approximate surface area is 114 Å². The highest BCUT2D eigenvalue weighted by Crippen LogP contribution is 2.04. The third-order valence-corrected chi connectivity index (χ3v) is 3.47. The third-order valence-electron chi connectivity index (χ3n) is 2.02. The van der Waals surface area contributed by atoms with Crippen molar-refractivity contribution in [2.24, 2.45) is 0 Å². The van der Waals surface area contributed by atoms with Crippen LogP contribution in [0.15, 0.2) is 29.4 Å². The van der Waals surface area contributed by atoms with E-state index in [1.165, 1.54) is 18.5 Å². The Balaban J connectivity index is 0.00000289. The highest BCUT2D eigenvalue weighted by atomic mass is 35.5. The van der Waals surface area contributed by atoms with Crippen LogP contribution in [0.1, 0.15) is 0 Å². The molecule has 6 nitrogen and oxygen atoms in total. The molecular weight excluding hydrogens is 278 g/mol. The Kier molecular flexibility index (Phi) is 8.86. The average Bonchev–Trinajstić information content (AvgIpc) is 2.35. The van der Waals surface area contributed by atoms with E-state index in [0.29, 0.717) is 26.2 Å². The second-order valence-electron chi connectivity index (χ2n) is 3.33. The minimum Gasteiger partial charge on any atom is -0.383 e. The van der Waals surface area contributed by atoms with Gasteiger partial charge in [0.1, 0.15) is 4.90 Å². The molecule has 0 bridgehead atoms. The molecule has 0 spiro atoms. The number of nitrogens with zero attached hydrogens (tertiary/aromatic N) is 1. The van der Waals surface area contributed by atoms with E-state index in [4.69, 9.17) is 4.74 Å². The zero-order valence-electron chi connectivity index (χ0n) is 10.1. The highest BCUT2D eigenvalue weighted by Gasteiger charge is 2.12. The van der Waals surface area contributed by atoms with Gasteiger partial charge in [-0.3, -0.25) is 4.98 Å². The van der Waals surface area contributed by atoms with Gasteiger partial charge >= 0.3 is 0 Å². The van der Waals surface area contributed by atoms with Crippen molar-refractivity contribution in [2.45, 2.75) is 4.90 Å². The molecule has 18 heavy (non-hydrogen) atoms. The lowest BCUT2D eigenvalue weighted by Gasteiger charge is -2.07. The summed E-state index contributed by atoms with van der Waals surface area (Å²) in [7, 11) is -1.82. The minimum atomic E-state index is -3.44. The number of ether oxygens (including phenoxy) is 1. The van der Waals surface area contributed by atoms with Crippen molar-refractivity contribution in [3.05, 3.63) is 24.5 Å². The number of aromatic nitrogens is 1. The average molecular weight is 296 g/mol. The first kappa shape index (κ1) is 17.3. The van der Waals surface area contributed by atoms with Crippen LogP contribution < -0.4 is 10.0 Å². The fourth-order valence-corrected chi connectivity index (χ4v) is 2.16. The Hall–Kier alpha value is -0.730. The standard InChI is InChI=1S/C10H17N3O3S.ClH/c1-16-8-7-11-5-6-13-17(14,15)10-3-2-4-12-9-10;/h2-4,9,11,13H,5-8H2,1H3;1H. The van der Waals surface area contributed by atoms with Crippen LogP contribution in [0.4, 0.5) is 0 Å². The first-order valence-corrected chi connectivity index (χ1v) is 6.74. The van der Waals surface area contributed by atoms with Gasteiger partial charge in [-0.1, -0.05) is 0 Å². The van der Waals surface area contributed by atoms with Crippen LogP contribution in [0, 0.1) is 0 Å². The lowest BCUT2D eigenvalue weighted by Crippen LogP contribution is -2.33. The van der Waals surface area contributed by atoms with Crippen molar-refractivity contribution >= 4 is 22.4 Å². The molecule has 0 amide bonds. The maximum Gasteiger partial charge on any atom is 0.242 e. The largest absolute Gasteiger partial charge is 0.383 e. The molecule has 0 aliphatic carbocycles. The molecule has 0 saturated carbocycles. The van der Waals surface area contributed by atoms with Crippen LogP contribution in [0.5, 0.6) is 0 Å². The molecule has 0 radical (unpaired) electrons. The first-order chi connectivity index (χ1) is 8.17. The highest BCUT2D eigenvalue weighted by molar-refractivity contribution is 7.89. The van der Waals surface area contributed by atoms with Gasteiger partial charge in [0.25, 0.3) is 0 Å². The van der Waals surface area contributed by atoms with Crippen molar-refractivity contribution in [3.63, 3.8) is 0 Å². The lowest BCUT2D eigenvalue weighted by molar-refractivity contribution is 0.199. The van der Waals surface area contributed by atoms with E-state index in [1.807, 2.05) is 0 Å². The van der Waals surface area contributed by atoms with Gasteiger partial charge in [0.15, 0.2) is 0 Å². The fourth-order valence-electron chi connectivity index (χ4n) is 1.16. The van der Waals surface area contributed by atoms with Crippen molar-refractivity contribution in [1.82, 2.24) is 15.0 Å². The van der Waals surface area contributed by atoms with Crippen LogP contribution >= 0.6 is 12.4 Å². The molecule has 0 saturated heterocycles. The second-order valence-corrected chi connectivity index (χ2v) is 5.10. The smallest absolute Gasteiger partial charge is 0.242 e. The van der Waals surface area contributed by atoms with E-state index in [1.54, 1.807) is 13.2 Å². The maximum atomic E-state index is 11.7. The van der Waals surface area contributed by atoms with Gasteiger partial charge in [-0.05, 0) is 12.1 Å². The topological polar surface area (TPSA) is 80.3 Å². The lowest BCUT2D eigenvalue weighted by atomic mass is 10.5. The number of halogens is 1. The first-order valence-electron chi connectivity index (χ1n) is 5.26. The summed E-state index contributed by atoms with van der Waals surface area (Å²) in [6, 6.07) is 3.10. The van der Waals surface area contributed by atoms with Gasteiger partial charge in [0.2, 0.25) is 10.0 Å². The molecule has 0 fully saturated rings. The number of hydrogen-bond acceptors (Lipinski definition) is 5. The summed E-state index contributed by atoms with van der Waals surface area (Å²) in [4.78, 5) is 3.95. The van der Waals surface area contributed by atoms with Crippen molar-refractivity contribution in [1.29, 1.82) is 0 Å². The molecule has 1 aromatic rings. The number of rotatable bonds is 8. The van der Waals surface area contributed by atoms with Crippen molar-refractivity contribution in [3.8, 4) is 0 Å². The summed E-state index contributed by atoms with van der Waals surface area (Å²) in [6.45, 7) is 2.20. The van der Waals surface area contributed by atoms with E-state index >= 15 is 0 Å². The van der Waals surface area contributed by atoms with Gasteiger partial charge in [-0.25, -0.2) is 13.1 Å². The van der Waals surface area contributed by atoms with Crippen LogP contribution in [0.25, 0.3) is 0 Å². The molecule has 8 heteroatoms. The SMILES string of the molecule is COCCNCCNS(=O)(=O)c1cccnc1.Cl. The molecule has 104 valence electrons. The Morgan fingerprint density at radius 2 is 2.11 bits per heavy atom. The molecule has 1 heterocycles. The van der Waals surface area contributed by atoms with Crippen molar-refractivity contribution < 1.29 is 13.2 Å². The predicted octanol–water partition coefficient (Wildman–Crippen LogP) is 0.0177. The fraction of sp³-hybridized carbons (Fsp3) is 0.500. The Morgan fingerprint density at radius 1 is 1.33 bits per heavy atom. The molecule has 0 aromatic carbocycles. The van der Waals surface area contributed by atoms with Crippen LogP contribution in [0.3, 0.4) is 0 Å². The molecule has 0 unspecified atom stereocenters. The van der Waals surface area contributed by atoms with Gasteiger partial charge < -0.3 is 10.1 Å². The summed E-state index contributed by atoms with van der Waals surface area (Å²) >= 11 is 0. The third kappa shape index (κ3) is 6.27. The van der Waals surface area contributed by atoms with Gasteiger partial charge in [-0.15, -0.1) is 12.4 Å². The quantitative estimate of drug-likeness (QED) is 0.661. The molecule has 0 aliphatic heterocycles. The second kappa shape index (κ2) is 9.23. The summed E-state index contributed by atoms with van der Waals surface area (Å²) < 4.78 is 30.8. The van der Waals surface area contributed by atoms with Gasteiger partial charge in [0, 0.05) is 39.1 Å². The molecule has 1 rings (SSSR count). The van der Waals surface area contributed by atoms with E-state index in [9.17, 15) is 8.42 Å². The van der Waals surface area contributed by atoms with Crippen LogP contribution in [0.2, 0.25) is 0 Å². The molecule has 1 aromatic heterocycles. The normalized spacial score (nSPS) is 10.9. The van der Waals surface area contributed by atoms with E-state index in [-0.39, 0.29) is 17.3 Å². The maximum absolute atomic E-state index is 11.7. The van der Waals surface area contributed by atoms with Gasteiger partial charge in [0.05, 0.1) is 6.61 Å². The number of hydrogen-bond donors (Lipinski definition) is 2. The summed E-state index contributed by atoms with van der Waals surface area (Å²) in [5, 5.41) is 3.04. The van der Waals surface area contributed by atoms with Crippen molar-refractivity contribution in [2.75, 3.05) is 33.4 Å². The molecular formula is C10H18ClN3O3S. The monoisotopic (exact) mass is 295 g/mol.